The van der Waals surface area contributed by atoms with Crippen molar-refractivity contribution < 1.29 is 9.59 Å². The van der Waals surface area contributed by atoms with Crippen molar-refractivity contribution in [1.82, 2.24) is 4.98 Å². The smallest absolute Gasteiger partial charge is 0.222 e. The van der Waals surface area contributed by atoms with Crippen LogP contribution in [0.15, 0.2) is 16.9 Å². The van der Waals surface area contributed by atoms with Gasteiger partial charge in [0.2, 0.25) is 11.8 Å². The van der Waals surface area contributed by atoms with E-state index in [4.69, 9.17) is 0 Å². The molecule has 6 nitrogen and oxygen atoms in total. The summed E-state index contributed by atoms with van der Waals surface area (Å²) >= 11 is 0. The standard InChI is InChI=1S/C9H11N3O3/c1-5(13)10-8-3-7(15)4-9(12-8)11-6(2)14/h3-4H,1-2H3,(H3,10,11,12,13,14,15). The monoisotopic (exact) mass is 209 g/mol. The van der Waals surface area contributed by atoms with Gasteiger partial charge in [0.15, 0.2) is 5.43 Å². The van der Waals surface area contributed by atoms with Crippen molar-refractivity contribution >= 4 is 23.5 Å². The van der Waals surface area contributed by atoms with E-state index in [2.05, 4.69) is 15.6 Å². The SMILES string of the molecule is CC(=O)Nc1cc(=O)cc(NC(C)=O)[nH]1. The van der Waals surface area contributed by atoms with Gasteiger partial charge in [0.1, 0.15) is 11.6 Å². The van der Waals surface area contributed by atoms with Crippen LogP contribution in [0.5, 0.6) is 0 Å². The fourth-order valence-corrected chi connectivity index (χ4v) is 1.06. The van der Waals surface area contributed by atoms with Crippen molar-refractivity contribution in [3.63, 3.8) is 0 Å². The van der Waals surface area contributed by atoms with Gasteiger partial charge in [-0.2, -0.15) is 0 Å². The number of carbonyl (C=O) groups is 2. The van der Waals surface area contributed by atoms with E-state index in [1.807, 2.05) is 0 Å². The zero-order valence-corrected chi connectivity index (χ0v) is 8.38. The molecule has 6 heteroatoms. The zero-order chi connectivity index (χ0) is 11.4. The van der Waals surface area contributed by atoms with Gasteiger partial charge in [-0.3, -0.25) is 14.4 Å². The summed E-state index contributed by atoms with van der Waals surface area (Å²) in [5, 5.41) is 4.83. The molecule has 1 rings (SSSR count). The normalized spacial score (nSPS) is 9.47. The molecular weight excluding hydrogens is 198 g/mol. The molecule has 1 aromatic heterocycles. The first-order valence-electron chi connectivity index (χ1n) is 4.27. The molecule has 3 N–H and O–H groups in total. The van der Waals surface area contributed by atoms with Crippen LogP contribution in [0.2, 0.25) is 0 Å². The Labute approximate surface area is 85.7 Å². The maximum absolute atomic E-state index is 11.2. The molecule has 0 bridgehead atoms. The summed E-state index contributed by atoms with van der Waals surface area (Å²) in [5.41, 5.74) is -0.304. The average molecular weight is 209 g/mol. The molecule has 0 aliphatic heterocycles. The minimum absolute atomic E-state index is 0.249. The highest BCUT2D eigenvalue weighted by Gasteiger charge is 2.01. The van der Waals surface area contributed by atoms with Gasteiger partial charge >= 0.3 is 0 Å². The second-order valence-corrected chi connectivity index (χ2v) is 3.01. The van der Waals surface area contributed by atoms with Crippen LogP contribution < -0.4 is 16.1 Å². The molecule has 0 saturated carbocycles. The van der Waals surface area contributed by atoms with E-state index in [9.17, 15) is 14.4 Å². The zero-order valence-electron chi connectivity index (χ0n) is 8.38. The molecule has 0 aliphatic carbocycles. The lowest BCUT2D eigenvalue weighted by Gasteiger charge is -2.05. The van der Waals surface area contributed by atoms with Crippen LogP contribution in [0.1, 0.15) is 13.8 Å². The first-order valence-corrected chi connectivity index (χ1v) is 4.27. The summed E-state index contributed by atoms with van der Waals surface area (Å²) < 4.78 is 0. The molecule has 0 aromatic carbocycles. The molecule has 1 aromatic rings. The predicted molar refractivity (Wildman–Crippen MR) is 55.7 cm³/mol. The third kappa shape index (κ3) is 3.63. The first kappa shape index (κ1) is 11.0. The molecular formula is C9H11N3O3. The van der Waals surface area contributed by atoms with E-state index < -0.39 is 0 Å². The van der Waals surface area contributed by atoms with Crippen LogP contribution in [0.25, 0.3) is 0 Å². The van der Waals surface area contributed by atoms with Crippen LogP contribution in [-0.2, 0) is 9.59 Å². The van der Waals surface area contributed by atoms with Crippen LogP contribution in [0, 0.1) is 0 Å². The van der Waals surface area contributed by atoms with Gasteiger partial charge in [-0.05, 0) is 0 Å². The van der Waals surface area contributed by atoms with Crippen molar-refractivity contribution in [2.75, 3.05) is 10.6 Å². The van der Waals surface area contributed by atoms with Crippen LogP contribution in [0.3, 0.4) is 0 Å². The summed E-state index contributed by atoms with van der Waals surface area (Å²) in [6, 6.07) is 2.46. The predicted octanol–water partition coefficient (Wildman–Crippen LogP) is 0.292. The largest absolute Gasteiger partial charge is 0.328 e. The topological polar surface area (TPSA) is 91.1 Å². The van der Waals surface area contributed by atoms with Gasteiger partial charge in [-0.15, -0.1) is 0 Å². The molecule has 2 amide bonds. The summed E-state index contributed by atoms with van der Waals surface area (Å²) in [6.07, 6.45) is 0. The lowest BCUT2D eigenvalue weighted by Crippen LogP contribution is -2.15. The molecule has 0 spiro atoms. The lowest BCUT2D eigenvalue weighted by molar-refractivity contribution is -0.115. The highest BCUT2D eigenvalue weighted by atomic mass is 16.2. The Morgan fingerprint density at radius 3 is 1.80 bits per heavy atom. The third-order valence-corrected chi connectivity index (χ3v) is 1.46. The number of hydrogen-bond acceptors (Lipinski definition) is 3. The highest BCUT2D eigenvalue weighted by Crippen LogP contribution is 2.04. The van der Waals surface area contributed by atoms with E-state index in [1.54, 1.807) is 0 Å². The Balaban J connectivity index is 2.99. The van der Waals surface area contributed by atoms with Crippen LogP contribution in [0.4, 0.5) is 11.6 Å². The van der Waals surface area contributed by atoms with Gasteiger partial charge < -0.3 is 15.6 Å². The molecule has 15 heavy (non-hydrogen) atoms. The second kappa shape index (κ2) is 4.41. The van der Waals surface area contributed by atoms with Gasteiger partial charge in [0.05, 0.1) is 0 Å². The van der Waals surface area contributed by atoms with E-state index >= 15 is 0 Å². The quantitative estimate of drug-likeness (QED) is 0.653. The van der Waals surface area contributed by atoms with Gasteiger partial charge in [-0.25, -0.2) is 0 Å². The molecule has 0 radical (unpaired) electrons. The van der Waals surface area contributed by atoms with Crippen LogP contribution >= 0.6 is 0 Å². The minimum atomic E-state index is -0.304. The molecule has 0 fully saturated rings. The van der Waals surface area contributed by atoms with Crippen molar-refractivity contribution in [2.24, 2.45) is 0 Å². The maximum Gasteiger partial charge on any atom is 0.222 e. The number of carbonyl (C=O) groups excluding carboxylic acids is 2. The van der Waals surface area contributed by atoms with E-state index in [1.165, 1.54) is 26.0 Å². The number of hydrogen-bond donors (Lipinski definition) is 3. The van der Waals surface area contributed by atoms with Gasteiger partial charge in [0.25, 0.3) is 0 Å². The number of amides is 2. The Morgan fingerprint density at radius 2 is 1.47 bits per heavy atom. The molecule has 1 heterocycles. The Hall–Kier alpha value is -2.11. The summed E-state index contributed by atoms with van der Waals surface area (Å²) in [7, 11) is 0. The summed E-state index contributed by atoms with van der Waals surface area (Å²) in [5.74, 6) is -0.103. The molecule has 0 unspecified atom stereocenters. The number of aromatic amines is 1. The summed E-state index contributed by atoms with van der Waals surface area (Å²) in [4.78, 5) is 35.3. The number of nitrogens with one attached hydrogen (secondary N) is 3. The molecule has 80 valence electrons. The summed E-state index contributed by atoms with van der Waals surface area (Å²) in [6.45, 7) is 2.65. The maximum atomic E-state index is 11.2. The van der Waals surface area contributed by atoms with E-state index in [-0.39, 0.29) is 28.9 Å². The Morgan fingerprint density at radius 1 is 1.07 bits per heavy atom. The number of pyridine rings is 1. The fourth-order valence-electron chi connectivity index (χ4n) is 1.06. The van der Waals surface area contributed by atoms with Crippen molar-refractivity contribution in [3.8, 4) is 0 Å². The van der Waals surface area contributed by atoms with Crippen molar-refractivity contribution in [2.45, 2.75) is 13.8 Å². The lowest BCUT2D eigenvalue weighted by atomic mass is 10.4. The van der Waals surface area contributed by atoms with Gasteiger partial charge in [-0.1, -0.05) is 0 Å². The van der Waals surface area contributed by atoms with Crippen molar-refractivity contribution in [1.29, 1.82) is 0 Å². The average Bonchev–Trinajstić information content (AvgIpc) is 1.98. The first-order chi connectivity index (χ1) is 6.97. The Kier molecular flexibility index (Phi) is 3.22. The third-order valence-electron chi connectivity index (χ3n) is 1.46. The van der Waals surface area contributed by atoms with Gasteiger partial charge in [0, 0.05) is 26.0 Å². The van der Waals surface area contributed by atoms with Crippen molar-refractivity contribution in [3.05, 3.63) is 22.4 Å². The molecule has 0 saturated heterocycles. The van der Waals surface area contributed by atoms with Crippen LogP contribution in [-0.4, -0.2) is 16.8 Å². The second-order valence-electron chi connectivity index (χ2n) is 3.01. The van der Waals surface area contributed by atoms with E-state index in [0.29, 0.717) is 0 Å². The number of aromatic nitrogens is 1. The molecule has 0 atom stereocenters. The fraction of sp³-hybridized carbons (Fsp3) is 0.222. The number of H-pyrrole nitrogens is 1. The Bertz CT molecular complexity index is 413. The minimum Gasteiger partial charge on any atom is -0.328 e. The molecule has 0 aliphatic rings. The van der Waals surface area contributed by atoms with E-state index in [0.717, 1.165) is 0 Å². The number of anilines is 2. The highest BCUT2D eigenvalue weighted by molar-refractivity contribution is 5.89. The number of rotatable bonds is 2.